The molecule has 40 heavy (non-hydrogen) atoms. The smallest absolute Gasteiger partial charge is 0.408 e. The van der Waals surface area contributed by atoms with Crippen LogP contribution >= 0.6 is 0 Å². The number of aliphatic hydroxyl groups is 3. The van der Waals surface area contributed by atoms with Crippen LogP contribution in [-0.4, -0.2) is 82.4 Å². The second-order valence-electron chi connectivity index (χ2n) is 9.11. The molecule has 0 aromatic heterocycles. The lowest BCUT2D eigenvalue weighted by Crippen LogP contribution is -2.68. The fraction of sp³-hybridized carbons (Fsp3) is 0.407. The molecule has 6 unspecified atom stereocenters. The summed E-state index contributed by atoms with van der Waals surface area (Å²) in [7, 11) is 0. The van der Waals surface area contributed by atoms with Gasteiger partial charge < -0.3 is 45.5 Å². The molecule has 2 aromatic carbocycles. The maximum absolute atomic E-state index is 13.0. The Bertz CT molecular complexity index is 1130. The fourth-order valence-electron chi connectivity index (χ4n) is 3.97. The minimum absolute atomic E-state index is 0.0816. The fourth-order valence-corrected chi connectivity index (χ4v) is 3.97. The molecular formula is C27H33N3O10. The molecule has 216 valence electrons. The lowest BCUT2D eigenvalue weighted by molar-refractivity contribution is -0.203. The van der Waals surface area contributed by atoms with Crippen LogP contribution in [0.25, 0.3) is 0 Å². The Morgan fingerprint density at radius 2 is 1.45 bits per heavy atom. The number of carbonyl (C=O) groups is 4. The van der Waals surface area contributed by atoms with E-state index in [1.165, 1.54) is 6.92 Å². The lowest BCUT2D eigenvalue weighted by Gasteiger charge is -2.42. The SMILES string of the molecule is CC(=O)NC1C(NC(=O)CC(NC(=O)OCc2ccccc2)C(=O)OCc2ccccc2)OC(CO)C(O)C1O. The summed E-state index contributed by atoms with van der Waals surface area (Å²) in [5.41, 5.74) is 1.39. The topological polar surface area (TPSA) is 193 Å². The summed E-state index contributed by atoms with van der Waals surface area (Å²) in [4.78, 5) is 50.0. The molecule has 3 amide bonds. The van der Waals surface area contributed by atoms with Gasteiger partial charge in [-0.25, -0.2) is 9.59 Å². The van der Waals surface area contributed by atoms with Gasteiger partial charge >= 0.3 is 12.1 Å². The van der Waals surface area contributed by atoms with Crippen molar-refractivity contribution in [2.75, 3.05) is 6.61 Å². The molecule has 1 fully saturated rings. The number of hydrogen-bond acceptors (Lipinski definition) is 10. The molecule has 6 atom stereocenters. The van der Waals surface area contributed by atoms with Gasteiger partial charge in [-0.1, -0.05) is 60.7 Å². The Labute approximate surface area is 230 Å². The largest absolute Gasteiger partial charge is 0.459 e. The van der Waals surface area contributed by atoms with E-state index in [0.717, 1.165) is 0 Å². The maximum atomic E-state index is 13.0. The highest BCUT2D eigenvalue weighted by atomic mass is 16.6. The van der Waals surface area contributed by atoms with E-state index < -0.39 is 73.5 Å². The number of benzene rings is 2. The minimum atomic E-state index is -1.59. The highest BCUT2D eigenvalue weighted by molar-refractivity contribution is 5.88. The van der Waals surface area contributed by atoms with Gasteiger partial charge in [0.15, 0.2) is 6.23 Å². The number of rotatable bonds is 11. The van der Waals surface area contributed by atoms with Crippen molar-refractivity contribution in [3.63, 3.8) is 0 Å². The van der Waals surface area contributed by atoms with E-state index in [9.17, 15) is 34.5 Å². The lowest BCUT2D eigenvalue weighted by atomic mass is 9.95. The molecule has 0 spiro atoms. The van der Waals surface area contributed by atoms with Crippen molar-refractivity contribution in [2.24, 2.45) is 0 Å². The Hall–Kier alpha value is -4.04. The van der Waals surface area contributed by atoms with Crippen LogP contribution in [0.15, 0.2) is 60.7 Å². The summed E-state index contributed by atoms with van der Waals surface area (Å²) in [5, 5.41) is 37.2. The van der Waals surface area contributed by atoms with Gasteiger partial charge in [0, 0.05) is 6.92 Å². The molecule has 13 heteroatoms. The first-order chi connectivity index (χ1) is 19.2. The number of ether oxygens (including phenoxy) is 3. The predicted molar refractivity (Wildman–Crippen MR) is 138 cm³/mol. The number of aliphatic hydroxyl groups excluding tert-OH is 3. The quantitative estimate of drug-likeness (QED) is 0.195. The van der Waals surface area contributed by atoms with E-state index in [4.69, 9.17) is 14.2 Å². The van der Waals surface area contributed by atoms with Gasteiger partial charge in [-0.2, -0.15) is 0 Å². The third-order valence-corrected chi connectivity index (χ3v) is 6.00. The summed E-state index contributed by atoms with van der Waals surface area (Å²) in [6.07, 6.45) is -7.36. The third kappa shape index (κ3) is 9.02. The normalized spacial score (nSPS) is 22.9. The van der Waals surface area contributed by atoms with Crippen molar-refractivity contribution in [2.45, 2.75) is 63.2 Å². The zero-order valence-electron chi connectivity index (χ0n) is 21.8. The Morgan fingerprint density at radius 3 is 2.00 bits per heavy atom. The van der Waals surface area contributed by atoms with E-state index >= 15 is 0 Å². The summed E-state index contributed by atoms with van der Waals surface area (Å²) < 4.78 is 16.0. The molecule has 13 nitrogen and oxygen atoms in total. The molecule has 2 aromatic rings. The summed E-state index contributed by atoms with van der Waals surface area (Å²) in [6, 6.07) is 14.9. The van der Waals surface area contributed by atoms with Crippen LogP contribution in [0.3, 0.4) is 0 Å². The summed E-state index contributed by atoms with van der Waals surface area (Å²) in [6.45, 7) is 0.291. The Morgan fingerprint density at radius 1 is 0.875 bits per heavy atom. The summed E-state index contributed by atoms with van der Waals surface area (Å²) in [5.74, 6) is -2.32. The first kappa shape index (κ1) is 30.5. The Kier molecular flexibility index (Phi) is 11.4. The van der Waals surface area contributed by atoms with Crippen molar-refractivity contribution in [1.82, 2.24) is 16.0 Å². The minimum Gasteiger partial charge on any atom is -0.459 e. The van der Waals surface area contributed by atoms with Gasteiger partial charge in [0.1, 0.15) is 43.6 Å². The van der Waals surface area contributed by atoms with Gasteiger partial charge in [-0.3, -0.25) is 9.59 Å². The predicted octanol–water partition coefficient (Wildman–Crippen LogP) is -0.525. The highest BCUT2D eigenvalue weighted by Gasteiger charge is 2.45. The van der Waals surface area contributed by atoms with E-state index in [-0.39, 0.29) is 13.2 Å². The molecule has 6 N–H and O–H groups in total. The highest BCUT2D eigenvalue weighted by Crippen LogP contribution is 2.20. The number of carbonyl (C=O) groups excluding carboxylic acids is 4. The van der Waals surface area contributed by atoms with E-state index in [2.05, 4.69) is 16.0 Å². The van der Waals surface area contributed by atoms with Gasteiger partial charge in [0.25, 0.3) is 0 Å². The number of esters is 1. The first-order valence-electron chi connectivity index (χ1n) is 12.5. The molecular weight excluding hydrogens is 526 g/mol. The standard InChI is InChI=1S/C27H33N3O10/c1-16(32)28-22-24(35)23(34)20(13-31)40-25(22)30-21(33)12-19(26(36)38-14-17-8-4-2-5-9-17)29-27(37)39-15-18-10-6-3-7-11-18/h2-11,19-20,22-25,31,34-35H,12-15H2,1H3,(H,28,32)(H,29,37)(H,30,33). The number of nitrogens with one attached hydrogen (secondary N) is 3. The zero-order chi connectivity index (χ0) is 29.1. The third-order valence-electron chi connectivity index (χ3n) is 6.00. The van der Waals surface area contributed by atoms with Crippen LogP contribution in [0, 0.1) is 0 Å². The van der Waals surface area contributed by atoms with Crippen molar-refractivity contribution < 1.29 is 48.7 Å². The van der Waals surface area contributed by atoms with Gasteiger partial charge in [-0.15, -0.1) is 0 Å². The molecule has 0 bridgehead atoms. The van der Waals surface area contributed by atoms with E-state index in [1.54, 1.807) is 60.7 Å². The van der Waals surface area contributed by atoms with Crippen molar-refractivity contribution >= 4 is 23.9 Å². The van der Waals surface area contributed by atoms with Crippen molar-refractivity contribution in [3.05, 3.63) is 71.8 Å². The van der Waals surface area contributed by atoms with Crippen molar-refractivity contribution in [3.8, 4) is 0 Å². The van der Waals surface area contributed by atoms with Crippen LogP contribution in [-0.2, 0) is 41.8 Å². The average Bonchev–Trinajstić information content (AvgIpc) is 2.95. The number of hydrogen-bond donors (Lipinski definition) is 6. The van der Waals surface area contributed by atoms with Crippen LogP contribution in [0.2, 0.25) is 0 Å². The molecule has 1 aliphatic rings. The average molecular weight is 560 g/mol. The number of alkyl carbamates (subject to hydrolysis) is 1. The second kappa shape index (κ2) is 14.9. The molecule has 1 saturated heterocycles. The molecule has 0 saturated carbocycles. The van der Waals surface area contributed by atoms with E-state index in [0.29, 0.717) is 11.1 Å². The van der Waals surface area contributed by atoms with Crippen LogP contribution in [0.5, 0.6) is 0 Å². The van der Waals surface area contributed by atoms with Crippen molar-refractivity contribution in [1.29, 1.82) is 0 Å². The van der Waals surface area contributed by atoms with Gasteiger partial charge in [0.2, 0.25) is 11.8 Å². The molecule has 0 aliphatic carbocycles. The molecule has 1 heterocycles. The van der Waals surface area contributed by atoms with Crippen LogP contribution in [0.4, 0.5) is 4.79 Å². The van der Waals surface area contributed by atoms with E-state index in [1.807, 2.05) is 0 Å². The summed E-state index contributed by atoms with van der Waals surface area (Å²) >= 11 is 0. The monoisotopic (exact) mass is 559 g/mol. The molecule has 3 rings (SSSR count). The van der Waals surface area contributed by atoms with Crippen LogP contribution in [0.1, 0.15) is 24.5 Å². The van der Waals surface area contributed by atoms with Crippen LogP contribution < -0.4 is 16.0 Å². The molecule has 1 aliphatic heterocycles. The first-order valence-corrected chi connectivity index (χ1v) is 12.5. The second-order valence-corrected chi connectivity index (χ2v) is 9.11. The number of amides is 3. The zero-order valence-corrected chi connectivity index (χ0v) is 21.8. The van der Waals surface area contributed by atoms with Gasteiger partial charge in [-0.05, 0) is 11.1 Å². The Balaban J connectivity index is 1.68. The maximum Gasteiger partial charge on any atom is 0.408 e. The van der Waals surface area contributed by atoms with Gasteiger partial charge in [0.05, 0.1) is 13.0 Å². The molecule has 0 radical (unpaired) electrons.